The van der Waals surface area contributed by atoms with Crippen molar-refractivity contribution in [2.24, 2.45) is 0 Å². The summed E-state index contributed by atoms with van der Waals surface area (Å²) in [5, 5.41) is 4.91. The van der Waals surface area contributed by atoms with Crippen LogP contribution in [0.1, 0.15) is 23.1 Å². The van der Waals surface area contributed by atoms with E-state index in [1.54, 1.807) is 11.3 Å². The number of hydrogen-bond acceptors (Lipinski definition) is 4. The third-order valence-corrected chi connectivity index (χ3v) is 3.85. The number of alkyl halides is 3. The molecule has 20 heavy (non-hydrogen) atoms. The number of hydrogen-bond donors (Lipinski definition) is 2. The molecule has 3 N–H and O–H groups in total. The number of halogens is 3. The van der Waals surface area contributed by atoms with E-state index in [0.717, 1.165) is 23.6 Å². The second kappa shape index (κ2) is 5.70. The van der Waals surface area contributed by atoms with Crippen molar-refractivity contribution in [3.8, 4) is 0 Å². The second-order valence-corrected chi connectivity index (χ2v) is 5.23. The molecule has 0 spiro atoms. The van der Waals surface area contributed by atoms with Gasteiger partial charge >= 0.3 is 6.18 Å². The van der Waals surface area contributed by atoms with Crippen molar-refractivity contribution < 1.29 is 13.2 Å². The molecule has 0 aliphatic rings. The Morgan fingerprint density at radius 3 is 2.80 bits per heavy atom. The summed E-state index contributed by atoms with van der Waals surface area (Å²) in [6.07, 6.45) is -2.55. The van der Waals surface area contributed by atoms with E-state index in [4.69, 9.17) is 5.73 Å². The van der Waals surface area contributed by atoms with Crippen molar-refractivity contribution in [2.75, 3.05) is 11.1 Å². The Bertz CT molecular complexity index is 593. The van der Waals surface area contributed by atoms with Gasteiger partial charge in [-0.15, -0.1) is 11.3 Å². The summed E-state index contributed by atoms with van der Waals surface area (Å²) in [7, 11) is 0. The van der Waals surface area contributed by atoms with Gasteiger partial charge in [-0.05, 0) is 29.5 Å². The molecule has 2 rings (SSSR count). The lowest BCUT2D eigenvalue weighted by atomic mass is 10.2. The van der Waals surface area contributed by atoms with Crippen LogP contribution in [0.5, 0.6) is 0 Å². The first-order chi connectivity index (χ1) is 9.41. The van der Waals surface area contributed by atoms with Crippen LogP contribution in [0.15, 0.2) is 23.7 Å². The lowest BCUT2D eigenvalue weighted by Gasteiger charge is -2.12. The van der Waals surface area contributed by atoms with Crippen LogP contribution in [0, 0.1) is 0 Å². The summed E-state index contributed by atoms with van der Waals surface area (Å²) in [6, 6.07) is 2.95. The maximum absolute atomic E-state index is 12.6. The molecular formula is C13H14F3N3S. The third kappa shape index (κ3) is 3.22. The van der Waals surface area contributed by atoms with E-state index in [0.29, 0.717) is 6.54 Å². The van der Waals surface area contributed by atoms with Gasteiger partial charge in [0.1, 0.15) is 5.69 Å². The number of aromatic nitrogens is 1. The summed E-state index contributed by atoms with van der Waals surface area (Å²) < 4.78 is 37.8. The van der Waals surface area contributed by atoms with Gasteiger partial charge in [0.05, 0.1) is 17.6 Å². The number of aryl methyl sites for hydroxylation is 1. The van der Waals surface area contributed by atoms with Gasteiger partial charge < -0.3 is 11.1 Å². The standard InChI is InChI=1S/C13H14F3N3S/c1-2-8-3-4-20-11(8)7-18-10-5-12(13(14,15)16)19-6-9(10)17/h3-6H,2,7,17H2,1H3,(H,18,19). The van der Waals surface area contributed by atoms with Gasteiger partial charge in [0.15, 0.2) is 0 Å². The van der Waals surface area contributed by atoms with E-state index >= 15 is 0 Å². The fourth-order valence-electron chi connectivity index (χ4n) is 1.79. The minimum absolute atomic E-state index is 0.201. The molecule has 108 valence electrons. The molecule has 0 aromatic carbocycles. The monoisotopic (exact) mass is 301 g/mol. The van der Waals surface area contributed by atoms with Crippen LogP contribution >= 0.6 is 11.3 Å². The molecule has 2 heterocycles. The van der Waals surface area contributed by atoms with Gasteiger partial charge in [-0.3, -0.25) is 0 Å². The molecule has 0 aliphatic heterocycles. The molecule has 0 saturated carbocycles. The van der Waals surface area contributed by atoms with E-state index in [1.165, 1.54) is 5.56 Å². The molecule has 0 saturated heterocycles. The Kier molecular flexibility index (Phi) is 4.17. The largest absolute Gasteiger partial charge is 0.433 e. The summed E-state index contributed by atoms with van der Waals surface area (Å²) in [4.78, 5) is 4.40. The SMILES string of the molecule is CCc1ccsc1CNc1cc(C(F)(F)F)ncc1N. The van der Waals surface area contributed by atoms with Crippen LogP contribution in [0.4, 0.5) is 24.5 Å². The molecule has 0 bridgehead atoms. The van der Waals surface area contributed by atoms with Gasteiger partial charge in [0.25, 0.3) is 0 Å². The molecule has 0 atom stereocenters. The number of thiophene rings is 1. The zero-order chi connectivity index (χ0) is 14.8. The molecule has 2 aromatic rings. The van der Waals surface area contributed by atoms with E-state index in [2.05, 4.69) is 10.3 Å². The van der Waals surface area contributed by atoms with Crippen LogP contribution in [-0.4, -0.2) is 4.98 Å². The Morgan fingerprint density at radius 1 is 1.40 bits per heavy atom. The zero-order valence-electron chi connectivity index (χ0n) is 10.8. The van der Waals surface area contributed by atoms with Crippen molar-refractivity contribution in [1.82, 2.24) is 4.98 Å². The molecule has 0 amide bonds. The number of nitrogens with one attached hydrogen (secondary N) is 1. The quantitative estimate of drug-likeness (QED) is 0.900. The van der Waals surface area contributed by atoms with Crippen molar-refractivity contribution >= 4 is 22.7 Å². The number of nitrogens with two attached hydrogens (primary N) is 1. The Balaban J connectivity index is 2.17. The lowest BCUT2D eigenvalue weighted by Crippen LogP contribution is -2.10. The highest BCUT2D eigenvalue weighted by atomic mass is 32.1. The van der Waals surface area contributed by atoms with Crippen molar-refractivity contribution in [3.63, 3.8) is 0 Å². The maximum Gasteiger partial charge on any atom is 0.433 e. The molecule has 0 aliphatic carbocycles. The van der Waals surface area contributed by atoms with Gasteiger partial charge in [-0.1, -0.05) is 6.92 Å². The summed E-state index contributed by atoms with van der Waals surface area (Å²) in [5.74, 6) is 0. The molecule has 0 radical (unpaired) electrons. The Hall–Kier alpha value is -1.76. The molecule has 3 nitrogen and oxygen atoms in total. The smallest absolute Gasteiger partial charge is 0.396 e. The number of rotatable bonds is 4. The molecule has 0 unspecified atom stereocenters. The normalized spacial score (nSPS) is 11.6. The summed E-state index contributed by atoms with van der Waals surface area (Å²) in [5.41, 5.74) is 6.35. The van der Waals surface area contributed by atoms with Crippen molar-refractivity contribution in [1.29, 1.82) is 0 Å². The van der Waals surface area contributed by atoms with Gasteiger partial charge in [-0.25, -0.2) is 4.98 Å². The molecule has 0 fully saturated rings. The zero-order valence-corrected chi connectivity index (χ0v) is 11.6. The Morgan fingerprint density at radius 2 is 2.15 bits per heavy atom. The Labute approximate surface area is 118 Å². The highest BCUT2D eigenvalue weighted by molar-refractivity contribution is 7.10. The van der Waals surface area contributed by atoms with E-state index in [-0.39, 0.29) is 11.4 Å². The predicted molar refractivity (Wildman–Crippen MR) is 74.7 cm³/mol. The van der Waals surface area contributed by atoms with Crippen LogP contribution in [-0.2, 0) is 19.1 Å². The van der Waals surface area contributed by atoms with E-state index in [9.17, 15) is 13.2 Å². The van der Waals surface area contributed by atoms with Crippen LogP contribution in [0.3, 0.4) is 0 Å². The number of nitrogens with zero attached hydrogens (tertiary/aromatic N) is 1. The average molecular weight is 301 g/mol. The maximum atomic E-state index is 12.6. The molecule has 2 aromatic heterocycles. The van der Waals surface area contributed by atoms with Crippen LogP contribution in [0.2, 0.25) is 0 Å². The number of nitrogen functional groups attached to an aromatic ring is 1. The lowest BCUT2D eigenvalue weighted by molar-refractivity contribution is -0.141. The van der Waals surface area contributed by atoms with Crippen molar-refractivity contribution in [2.45, 2.75) is 26.1 Å². The van der Waals surface area contributed by atoms with Crippen LogP contribution in [0.25, 0.3) is 0 Å². The second-order valence-electron chi connectivity index (χ2n) is 4.23. The first kappa shape index (κ1) is 14.6. The van der Waals surface area contributed by atoms with Crippen LogP contribution < -0.4 is 11.1 Å². The van der Waals surface area contributed by atoms with Gasteiger partial charge in [-0.2, -0.15) is 13.2 Å². The fraction of sp³-hybridized carbons (Fsp3) is 0.308. The van der Waals surface area contributed by atoms with Crippen molar-refractivity contribution in [3.05, 3.63) is 39.8 Å². The average Bonchev–Trinajstić information content (AvgIpc) is 2.83. The fourth-order valence-corrected chi connectivity index (χ4v) is 2.70. The summed E-state index contributed by atoms with van der Waals surface area (Å²) in [6.45, 7) is 2.49. The minimum atomic E-state index is -4.47. The number of anilines is 2. The van der Waals surface area contributed by atoms with E-state index in [1.807, 2.05) is 18.4 Å². The highest BCUT2D eigenvalue weighted by Crippen LogP contribution is 2.31. The molecular weight excluding hydrogens is 287 g/mol. The van der Waals surface area contributed by atoms with Gasteiger partial charge in [0.2, 0.25) is 0 Å². The van der Waals surface area contributed by atoms with E-state index < -0.39 is 11.9 Å². The summed E-state index contributed by atoms with van der Waals surface area (Å²) >= 11 is 1.57. The first-order valence-corrected chi connectivity index (χ1v) is 6.91. The van der Waals surface area contributed by atoms with Gasteiger partial charge in [0, 0.05) is 11.4 Å². The third-order valence-electron chi connectivity index (χ3n) is 2.88. The highest BCUT2D eigenvalue weighted by Gasteiger charge is 2.32. The first-order valence-electron chi connectivity index (χ1n) is 6.03. The topological polar surface area (TPSA) is 50.9 Å². The molecule has 7 heteroatoms. The predicted octanol–water partition coefficient (Wildman–Crippen LogP) is 3.92. The minimum Gasteiger partial charge on any atom is -0.396 e. The number of pyridine rings is 1.